The highest BCUT2D eigenvalue weighted by Crippen LogP contribution is 2.12. The molecule has 2 aromatic rings. The van der Waals surface area contributed by atoms with E-state index in [1.807, 2.05) is 17.5 Å². The highest BCUT2D eigenvalue weighted by molar-refractivity contribution is 7.09. The van der Waals surface area contributed by atoms with E-state index in [0.717, 1.165) is 6.42 Å². The van der Waals surface area contributed by atoms with Crippen molar-refractivity contribution in [1.29, 1.82) is 0 Å². The maximum Gasteiger partial charge on any atom is 0.183 e. The van der Waals surface area contributed by atoms with E-state index in [4.69, 9.17) is 0 Å². The standard InChI is InChI=1S/C11H10N2OS/c14-11(10-8-12-5-6-13-10)4-3-9-2-1-7-15-9/h1-2,5-8H,3-4H2. The van der Waals surface area contributed by atoms with Crippen LogP contribution in [0.25, 0.3) is 0 Å². The molecule has 0 aliphatic heterocycles. The van der Waals surface area contributed by atoms with Crippen molar-refractivity contribution >= 4 is 17.1 Å². The normalized spacial score (nSPS) is 10.1. The third kappa shape index (κ3) is 2.70. The Bertz CT molecular complexity index is 425. The molecular formula is C11H10N2OS. The molecule has 4 heteroatoms. The molecule has 0 aromatic carbocycles. The third-order valence-electron chi connectivity index (χ3n) is 2.03. The van der Waals surface area contributed by atoms with Gasteiger partial charge in [0.2, 0.25) is 0 Å². The Morgan fingerprint density at radius 3 is 3.00 bits per heavy atom. The second kappa shape index (κ2) is 4.79. The van der Waals surface area contributed by atoms with Crippen LogP contribution < -0.4 is 0 Å². The van der Waals surface area contributed by atoms with E-state index in [-0.39, 0.29) is 5.78 Å². The molecule has 0 atom stereocenters. The average molecular weight is 218 g/mol. The molecule has 0 fully saturated rings. The summed E-state index contributed by atoms with van der Waals surface area (Å²) in [4.78, 5) is 20.7. The highest BCUT2D eigenvalue weighted by Gasteiger charge is 2.07. The van der Waals surface area contributed by atoms with Crippen molar-refractivity contribution in [3.8, 4) is 0 Å². The number of aromatic nitrogens is 2. The van der Waals surface area contributed by atoms with E-state index < -0.39 is 0 Å². The summed E-state index contributed by atoms with van der Waals surface area (Å²) in [7, 11) is 0. The van der Waals surface area contributed by atoms with Crippen molar-refractivity contribution in [3.63, 3.8) is 0 Å². The van der Waals surface area contributed by atoms with Gasteiger partial charge in [-0.2, -0.15) is 0 Å². The molecule has 0 bridgehead atoms. The lowest BCUT2D eigenvalue weighted by Gasteiger charge is -1.97. The van der Waals surface area contributed by atoms with E-state index in [0.29, 0.717) is 12.1 Å². The second-order valence-corrected chi connectivity index (χ2v) is 4.13. The van der Waals surface area contributed by atoms with Crippen molar-refractivity contribution in [2.45, 2.75) is 12.8 Å². The zero-order valence-electron chi connectivity index (χ0n) is 8.09. The van der Waals surface area contributed by atoms with Crippen LogP contribution in [-0.2, 0) is 6.42 Å². The maximum absolute atomic E-state index is 11.6. The Morgan fingerprint density at radius 1 is 1.40 bits per heavy atom. The molecular weight excluding hydrogens is 208 g/mol. The summed E-state index contributed by atoms with van der Waals surface area (Å²) in [5.74, 6) is 0.0523. The molecule has 3 nitrogen and oxygen atoms in total. The number of rotatable bonds is 4. The van der Waals surface area contributed by atoms with Crippen molar-refractivity contribution in [1.82, 2.24) is 9.97 Å². The summed E-state index contributed by atoms with van der Waals surface area (Å²) >= 11 is 1.67. The minimum Gasteiger partial charge on any atom is -0.292 e. The fourth-order valence-corrected chi connectivity index (χ4v) is 1.97. The fraction of sp³-hybridized carbons (Fsp3) is 0.182. The van der Waals surface area contributed by atoms with Gasteiger partial charge in [0.25, 0.3) is 0 Å². The lowest BCUT2D eigenvalue weighted by atomic mass is 10.1. The molecule has 0 spiro atoms. The van der Waals surface area contributed by atoms with Crippen LogP contribution >= 0.6 is 11.3 Å². The van der Waals surface area contributed by atoms with Crippen LogP contribution in [0, 0.1) is 0 Å². The van der Waals surface area contributed by atoms with Gasteiger partial charge >= 0.3 is 0 Å². The molecule has 2 rings (SSSR count). The molecule has 0 N–H and O–H groups in total. The van der Waals surface area contributed by atoms with E-state index in [2.05, 4.69) is 9.97 Å². The van der Waals surface area contributed by atoms with Gasteiger partial charge in [-0.05, 0) is 17.9 Å². The number of carbonyl (C=O) groups is 1. The quantitative estimate of drug-likeness (QED) is 0.740. The van der Waals surface area contributed by atoms with Gasteiger partial charge in [-0.1, -0.05) is 6.07 Å². The Hall–Kier alpha value is -1.55. The Morgan fingerprint density at radius 2 is 2.33 bits per heavy atom. The summed E-state index contributed by atoms with van der Waals surface area (Å²) in [5.41, 5.74) is 0.453. The first-order valence-electron chi connectivity index (χ1n) is 4.68. The van der Waals surface area contributed by atoms with E-state index >= 15 is 0 Å². The lowest BCUT2D eigenvalue weighted by molar-refractivity contribution is 0.0978. The van der Waals surface area contributed by atoms with Gasteiger partial charge in [0.05, 0.1) is 6.20 Å². The van der Waals surface area contributed by atoms with E-state index in [1.54, 1.807) is 23.7 Å². The van der Waals surface area contributed by atoms with Crippen LogP contribution in [-0.4, -0.2) is 15.8 Å². The zero-order chi connectivity index (χ0) is 10.5. The Balaban J connectivity index is 1.94. The van der Waals surface area contributed by atoms with Crippen LogP contribution in [0.1, 0.15) is 21.8 Å². The molecule has 0 amide bonds. The monoisotopic (exact) mass is 218 g/mol. The maximum atomic E-state index is 11.6. The molecule has 0 saturated carbocycles. The topological polar surface area (TPSA) is 42.9 Å². The first-order valence-corrected chi connectivity index (χ1v) is 5.56. The van der Waals surface area contributed by atoms with Gasteiger partial charge in [0.15, 0.2) is 5.78 Å². The summed E-state index contributed by atoms with van der Waals surface area (Å²) in [6.45, 7) is 0. The predicted molar refractivity (Wildman–Crippen MR) is 59.0 cm³/mol. The molecule has 76 valence electrons. The van der Waals surface area contributed by atoms with Gasteiger partial charge in [-0.25, -0.2) is 4.98 Å². The number of thiophene rings is 1. The van der Waals surface area contributed by atoms with Gasteiger partial charge < -0.3 is 0 Å². The number of hydrogen-bond donors (Lipinski definition) is 0. The molecule has 0 aliphatic carbocycles. The molecule has 0 unspecified atom stereocenters. The molecule has 0 aliphatic rings. The number of ketones is 1. The van der Waals surface area contributed by atoms with Gasteiger partial charge in [0.1, 0.15) is 5.69 Å². The smallest absolute Gasteiger partial charge is 0.183 e. The minimum atomic E-state index is 0.0523. The van der Waals surface area contributed by atoms with E-state index in [9.17, 15) is 4.79 Å². The summed E-state index contributed by atoms with van der Waals surface area (Å²) in [5, 5.41) is 2.02. The third-order valence-corrected chi connectivity index (χ3v) is 2.96. The first-order chi connectivity index (χ1) is 7.36. The first kappa shape index (κ1) is 9.98. The summed E-state index contributed by atoms with van der Waals surface area (Å²) in [6, 6.07) is 4.03. The number of nitrogens with zero attached hydrogens (tertiary/aromatic N) is 2. The molecule has 0 saturated heterocycles. The van der Waals surface area contributed by atoms with Crippen LogP contribution in [0.15, 0.2) is 36.1 Å². The number of hydrogen-bond acceptors (Lipinski definition) is 4. The Labute approximate surface area is 91.8 Å². The number of carbonyl (C=O) groups excluding carboxylic acids is 1. The average Bonchev–Trinajstić information content (AvgIpc) is 2.80. The SMILES string of the molecule is O=C(CCc1cccs1)c1cnccn1. The van der Waals surface area contributed by atoms with Gasteiger partial charge in [-0.15, -0.1) is 11.3 Å². The molecule has 2 heterocycles. The zero-order valence-corrected chi connectivity index (χ0v) is 8.91. The largest absolute Gasteiger partial charge is 0.292 e. The second-order valence-electron chi connectivity index (χ2n) is 3.09. The molecule has 15 heavy (non-hydrogen) atoms. The van der Waals surface area contributed by atoms with Gasteiger partial charge in [0, 0.05) is 23.7 Å². The van der Waals surface area contributed by atoms with Crippen molar-refractivity contribution in [3.05, 3.63) is 46.7 Å². The minimum absolute atomic E-state index is 0.0523. The lowest BCUT2D eigenvalue weighted by Crippen LogP contribution is -2.03. The number of aryl methyl sites for hydroxylation is 1. The highest BCUT2D eigenvalue weighted by atomic mass is 32.1. The Kier molecular flexibility index (Phi) is 3.19. The van der Waals surface area contributed by atoms with Crippen molar-refractivity contribution < 1.29 is 4.79 Å². The molecule has 0 radical (unpaired) electrons. The van der Waals surface area contributed by atoms with Crippen LogP contribution in [0.4, 0.5) is 0 Å². The van der Waals surface area contributed by atoms with Crippen LogP contribution in [0.5, 0.6) is 0 Å². The molecule has 2 aromatic heterocycles. The van der Waals surface area contributed by atoms with E-state index in [1.165, 1.54) is 11.1 Å². The van der Waals surface area contributed by atoms with Crippen LogP contribution in [0.2, 0.25) is 0 Å². The van der Waals surface area contributed by atoms with Crippen LogP contribution in [0.3, 0.4) is 0 Å². The summed E-state index contributed by atoms with van der Waals surface area (Å²) < 4.78 is 0. The van der Waals surface area contributed by atoms with Crippen molar-refractivity contribution in [2.75, 3.05) is 0 Å². The van der Waals surface area contributed by atoms with Crippen molar-refractivity contribution in [2.24, 2.45) is 0 Å². The summed E-state index contributed by atoms with van der Waals surface area (Å²) in [6.07, 6.45) is 5.90. The predicted octanol–water partition coefficient (Wildman–Crippen LogP) is 2.35. The fourth-order valence-electron chi connectivity index (χ4n) is 1.26. The number of Topliss-reactive ketones (excluding diaryl/α,β-unsaturated/α-hetero) is 1. The van der Waals surface area contributed by atoms with Gasteiger partial charge in [-0.3, -0.25) is 9.78 Å².